The van der Waals surface area contributed by atoms with Crippen LogP contribution < -0.4 is 15.4 Å². The molecule has 0 spiro atoms. The summed E-state index contributed by atoms with van der Waals surface area (Å²) < 4.78 is 24.6. The van der Waals surface area contributed by atoms with Gasteiger partial charge in [0.05, 0.1) is 12.1 Å². The van der Waals surface area contributed by atoms with Gasteiger partial charge >= 0.3 is 0 Å². The van der Waals surface area contributed by atoms with Crippen LogP contribution >= 0.6 is 0 Å². The number of halogens is 1. The summed E-state index contributed by atoms with van der Waals surface area (Å²) >= 11 is 0. The molecule has 2 aromatic rings. The zero-order valence-corrected chi connectivity index (χ0v) is 18.6. The standard InChI is InChI=1S/C26H28FN3O3/c1-18(29-25(31)17-32-2)26(19-7-4-3-5-8-19)33-23-13-14-24(20(15-23)16-28)30-22-10-6-9-21(27)11-12-22/h3-16,18,22,26,28,30H,17H2,1-2H3,(H,29,31)/t18?,22?,26-/m0/s1. The molecule has 1 aliphatic rings. The Morgan fingerprint density at radius 1 is 1.21 bits per heavy atom. The zero-order valence-electron chi connectivity index (χ0n) is 18.6. The van der Waals surface area contributed by atoms with Crippen molar-refractivity contribution >= 4 is 17.8 Å². The molecular weight excluding hydrogens is 421 g/mol. The number of nitrogens with one attached hydrogen (secondary N) is 3. The first-order valence-electron chi connectivity index (χ1n) is 10.6. The minimum Gasteiger partial charge on any atom is -0.484 e. The fourth-order valence-electron chi connectivity index (χ4n) is 3.47. The average molecular weight is 450 g/mol. The van der Waals surface area contributed by atoms with Gasteiger partial charge in [0.2, 0.25) is 5.91 Å². The third-order valence-electron chi connectivity index (χ3n) is 5.05. The van der Waals surface area contributed by atoms with Gasteiger partial charge in [-0.3, -0.25) is 4.79 Å². The summed E-state index contributed by atoms with van der Waals surface area (Å²) in [5, 5.41) is 14.0. The fraction of sp³-hybridized carbons (Fsp3) is 0.231. The second-order valence-corrected chi connectivity index (χ2v) is 7.60. The van der Waals surface area contributed by atoms with E-state index in [9.17, 15) is 9.18 Å². The van der Waals surface area contributed by atoms with Crippen molar-refractivity contribution in [2.24, 2.45) is 0 Å². The Balaban J connectivity index is 1.80. The molecule has 0 aromatic heterocycles. The number of amides is 1. The van der Waals surface area contributed by atoms with Crippen LogP contribution in [0.25, 0.3) is 0 Å². The predicted octanol–water partition coefficient (Wildman–Crippen LogP) is 4.72. The number of carbonyl (C=O) groups is 1. The molecule has 0 saturated heterocycles. The minimum atomic E-state index is -0.453. The molecular formula is C26H28FN3O3. The van der Waals surface area contributed by atoms with Gasteiger partial charge in [-0.1, -0.05) is 48.6 Å². The quantitative estimate of drug-likeness (QED) is 0.459. The van der Waals surface area contributed by atoms with Gasteiger partial charge < -0.3 is 25.5 Å². The van der Waals surface area contributed by atoms with Gasteiger partial charge in [-0.05, 0) is 42.8 Å². The Labute approximate surface area is 193 Å². The van der Waals surface area contributed by atoms with Crippen molar-refractivity contribution in [3.05, 3.63) is 95.9 Å². The van der Waals surface area contributed by atoms with Crippen LogP contribution in [0, 0.1) is 5.41 Å². The molecule has 3 atom stereocenters. The SMILES string of the molecule is COCC(=O)NC(C)[C@H](Oc1ccc(NC2C=CC=C(F)C=C2)c(C=N)c1)c1ccccc1. The molecule has 7 heteroatoms. The monoisotopic (exact) mass is 449 g/mol. The number of anilines is 1. The molecule has 2 aromatic carbocycles. The molecule has 1 aliphatic carbocycles. The second-order valence-electron chi connectivity index (χ2n) is 7.60. The van der Waals surface area contributed by atoms with E-state index in [2.05, 4.69) is 10.6 Å². The largest absolute Gasteiger partial charge is 0.484 e. The lowest BCUT2D eigenvalue weighted by Gasteiger charge is -2.27. The third-order valence-corrected chi connectivity index (χ3v) is 5.05. The Morgan fingerprint density at radius 2 is 2.00 bits per heavy atom. The van der Waals surface area contributed by atoms with E-state index in [0.29, 0.717) is 11.3 Å². The topological polar surface area (TPSA) is 83.4 Å². The Kier molecular flexibility index (Phi) is 8.55. The summed E-state index contributed by atoms with van der Waals surface area (Å²) in [7, 11) is 1.47. The maximum atomic E-state index is 13.4. The van der Waals surface area contributed by atoms with Crippen molar-refractivity contribution in [1.29, 1.82) is 5.41 Å². The number of allylic oxidation sites excluding steroid dienone is 4. The van der Waals surface area contributed by atoms with Crippen molar-refractivity contribution in [2.75, 3.05) is 19.0 Å². The number of methoxy groups -OCH3 is 1. The van der Waals surface area contributed by atoms with Crippen molar-refractivity contribution in [3.8, 4) is 5.75 Å². The van der Waals surface area contributed by atoms with E-state index in [1.54, 1.807) is 24.3 Å². The van der Waals surface area contributed by atoms with E-state index in [1.165, 1.54) is 25.5 Å². The molecule has 0 heterocycles. The number of carbonyl (C=O) groups excluding carboxylic acids is 1. The highest BCUT2D eigenvalue weighted by atomic mass is 19.1. The van der Waals surface area contributed by atoms with Crippen LogP contribution in [0.5, 0.6) is 5.75 Å². The maximum Gasteiger partial charge on any atom is 0.246 e. The fourth-order valence-corrected chi connectivity index (χ4v) is 3.47. The van der Waals surface area contributed by atoms with Crippen molar-refractivity contribution in [1.82, 2.24) is 5.32 Å². The molecule has 172 valence electrons. The molecule has 33 heavy (non-hydrogen) atoms. The summed E-state index contributed by atoms with van der Waals surface area (Å²) in [6.07, 6.45) is 8.77. The van der Waals surface area contributed by atoms with Crippen LogP contribution in [0.15, 0.2) is 84.7 Å². The lowest BCUT2D eigenvalue weighted by Crippen LogP contribution is -2.40. The van der Waals surface area contributed by atoms with E-state index in [1.807, 2.05) is 49.4 Å². The molecule has 0 bridgehead atoms. The first-order valence-corrected chi connectivity index (χ1v) is 10.6. The van der Waals surface area contributed by atoms with Crippen LogP contribution in [0.3, 0.4) is 0 Å². The van der Waals surface area contributed by atoms with Crippen molar-refractivity contribution in [3.63, 3.8) is 0 Å². The van der Waals surface area contributed by atoms with Gasteiger partial charge in [0, 0.05) is 24.6 Å². The molecule has 0 aliphatic heterocycles. The molecule has 3 N–H and O–H groups in total. The molecule has 2 unspecified atom stereocenters. The zero-order chi connectivity index (χ0) is 23.6. The minimum absolute atomic E-state index is 0.0341. The van der Waals surface area contributed by atoms with E-state index < -0.39 is 6.10 Å². The van der Waals surface area contributed by atoms with Crippen LogP contribution in [0.1, 0.15) is 24.2 Å². The molecule has 3 rings (SSSR count). The summed E-state index contributed by atoms with van der Waals surface area (Å²) in [6, 6.07) is 14.5. The number of ether oxygens (including phenoxy) is 2. The van der Waals surface area contributed by atoms with E-state index in [4.69, 9.17) is 14.9 Å². The highest BCUT2D eigenvalue weighted by Crippen LogP contribution is 2.28. The Bertz CT molecular complexity index is 1050. The molecule has 1 amide bonds. The van der Waals surface area contributed by atoms with Crippen LogP contribution in [0.2, 0.25) is 0 Å². The summed E-state index contributed by atoms with van der Waals surface area (Å²) in [4.78, 5) is 12.1. The van der Waals surface area contributed by atoms with Crippen LogP contribution in [-0.2, 0) is 9.53 Å². The second kappa shape index (κ2) is 11.8. The molecule has 0 fully saturated rings. The number of rotatable bonds is 10. The van der Waals surface area contributed by atoms with E-state index >= 15 is 0 Å². The summed E-state index contributed by atoms with van der Waals surface area (Å²) in [5.41, 5.74) is 2.25. The summed E-state index contributed by atoms with van der Waals surface area (Å²) in [6.45, 7) is 1.84. The van der Waals surface area contributed by atoms with Crippen LogP contribution in [0.4, 0.5) is 10.1 Å². The smallest absolute Gasteiger partial charge is 0.246 e. The highest BCUT2D eigenvalue weighted by molar-refractivity contribution is 5.86. The van der Waals surface area contributed by atoms with Gasteiger partial charge in [0.25, 0.3) is 0 Å². The first-order chi connectivity index (χ1) is 16.0. The summed E-state index contributed by atoms with van der Waals surface area (Å²) in [5.74, 6) is 0.00957. The normalized spacial score (nSPS) is 16.8. The number of benzene rings is 2. The van der Waals surface area contributed by atoms with Gasteiger partial charge in [-0.15, -0.1) is 0 Å². The van der Waals surface area contributed by atoms with Gasteiger partial charge in [-0.2, -0.15) is 0 Å². The van der Waals surface area contributed by atoms with Crippen LogP contribution in [-0.4, -0.2) is 37.9 Å². The average Bonchev–Trinajstić information content (AvgIpc) is 3.02. The molecule has 0 radical (unpaired) electrons. The number of hydrogen-bond acceptors (Lipinski definition) is 5. The van der Waals surface area contributed by atoms with E-state index in [0.717, 1.165) is 11.3 Å². The van der Waals surface area contributed by atoms with Crippen molar-refractivity contribution < 1.29 is 18.7 Å². The van der Waals surface area contributed by atoms with Crippen molar-refractivity contribution in [2.45, 2.75) is 25.1 Å². The first kappa shape index (κ1) is 23.9. The predicted molar refractivity (Wildman–Crippen MR) is 129 cm³/mol. The van der Waals surface area contributed by atoms with Gasteiger partial charge in [-0.25, -0.2) is 4.39 Å². The van der Waals surface area contributed by atoms with Gasteiger partial charge in [0.1, 0.15) is 24.3 Å². The van der Waals surface area contributed by atoms with Gasteiger partial charge in [0.15, 0.2) is 0 Å². The molecule has 6 nitrogen and oxygen atoms in total. The number of hydrogen-bond donors (Lipinski definition) is 3. The lowest BCUT2D eigenvalue weighted by atomic mass is 10.0. The highest BCUT2D eigenvalue weighted by Gasteiger charge is 2.23. The lowest BCUT2D eigenvalue weighted by molar-refractivity contribution is -0.126. The third kappa shape index (κ3) is 6.89. The van der Waals surface area contributed by atoms with E-state index in [-0.39, 0.29) is 30.4 Å². The molecule has 0 saturated carbocycles. The Morgan fingerprint density at radius 3 is 2.73 bits per heavy atom. The maximum absolute atomic E-state index is 13.4. The Hall–Kier alpha value is -3.71.